The van der Waals surface area contributed by atoms with Crippen LogP contribution in [0, 0.1) is 12.8 Å². The van der Waals surface area contributed by atoms with Crippen LogP contribution in [0.2, 0.25) is 0 Å². The van der Waals surface area contributed by atoms with Crippen molar-refractivity contribution in [3.8, 4) is 0 Å². The second-order valence-corrected chi connectivity index (χ2v) is 9.30. The van der Waals surface area contributed by atoms with E-state index in [9.17, 15) is 14.7 Å². The van der Waals surface area contributed by atoms with Gasteiger partial charge in [0.1, 0.15) is 22.1 Å². The normalized spacial score (nSPS) is 12.6. The molecule has 1 atom stereocenters. The van der Waals surface area contributed by atoms with Gasteiger partial charge in [0.25, 0.3) is 5.56 Å². The fourth-order valence-corrected chi connectivity index (χ4v) is 4.42. The van der Waals surface area contributed by atoms with E-state index in [-0.39, 0.29) is 18.8 Å². The summed E-state index contributed by atoms with van der Waals surface area (Å²) in [6, 6.07) is 0. The smallest absolute Gasteiger partial charge is 0.348 e. The Balaban J connectivity index is 2.19. The first-order chi connectivity index (χ1) is 15.8. The number of H-pyrrole nitrogens is 1. The first-order valence-corrected chi connectivity index (χ1v) is 11.9. The van der Waals surface area contributed by atoms with Gasteiger partial charge >= 0.3 is 5.97 Å². The van der Waals surface area contributed by atoms with Gasteiger partial charge in [-0.1, -0.05) is 26.5 Å². The van der Waals surface area contributed by atoms with Crippen molar-refractivity contribution < 1.29 is 24.1 Å². The molecule has 2 heterocycles. The average Bonchev–Trinajstić information content (AvgIpc) is 3.08. The Morgan fingerprint density at radius 1 is 1.36 bits per heavy atom. The van der Waals surface area contributed by atoms with E-state index in [0.717, 1.165) is 17.8 Å². The highest BCUT2D eigenvalue weighted by atomic mass is 32.1. The van der Waals surface area contributed by atoms with Gasteiger partial charge in [-0.3, -0.25) is 9.69 Å². The summed E-state index contributed by atoms with van der Waals surface area (Å²) in [5.41, 5.74) is 0.253. The van der Waals surface area contributed by atoms with Crippen molar-refractivity contribution >= 4 is 27.5 Å². The number of fused-ring (bicyclic) bond motifs is 1. The van der Waals surface area contributed by atoms with Gasteiger partial charge in [-0.15, -0.1) is 11.3 Å². The minimum Gasteiger partial charge on any atom is -0.457 e. The molecule has 0 saturated carbocycles. The number of rotatable bonds is 15. The summed E-state index contributed by atoms with van der Waals surface area (Å²) in [6.45, 7) is 12.2. The lowest BCUT2D eigenvalue weighted by atomic mass is 10.2. The molecule has 0 aliphatic carbocycles. The number of thiophene rings is 1. The molecular weight excluding hydrogens is 446 g/mol. The van der Waals surface area contributed by atoms with E-state index in [2.05, 4.69) is 30.4 Å². The maximum Gasteiger partial charge on any atom is 0.348 e. The lowest BCUT2D eigenvalue weighted by Crippen LogP contribution is -2.36. The number of nitrogens with zero attached hydrogens (tertiary/aromatic N) is 2. The molecular formula is C23H35N3O6S. The maximum atomic E-state index is 12.8. The fourth-order valence-electron chi connectivity index (χ4n) is 3.33. The zero-order valence-corrected chi connectivity index (χ0v) is 20.7. The summed E-state index contributed by atoms with van der Waals surface area (Å²) >= 11 is 1.14. The number of esters is 1. The SMILES string of the molecule is C=CCOC(=O)c1sc2nc(CN(CCCOC)CC(O)COCC(C)C)[nH]c(=O)c2c1C. The molecule has 0 saturated heterocycles. The number of aliphatic hydroxyl groups excluding tert-OH is 1. The number of nitrogens with one attached hydrogen (secondary N) is 1. The molecule has 0 radical (unpaired) electrons. The monoisotopic (exact) mass is 481 g/mol. The van der Waals surface area contributed by atoms with Crippen LogP contribution in [0.4, 0.5) is 0 Å². The average molecular weight is 482 g/mol. The van der Waals surface area contributed by atoms with E-state index in [1.807, 2.05) is 4.90 Å². The van der Waals surface area contributed by atoms with Gasteiger partial charge in [0, 0.05) is 33.4 Å². The Bertz CT molecular complexity index is 971. The van der Waals surface area contributed by atoms with Crippen LogP contribution in [0.15, 0.2) is 17.4 Å². The predicted molar refractivity (Wildman–Crippen MR) is 129 cm³/mol. The molecule has 0 aliphatic heterocycles. The minimum atomic E-state index is -0.669. The Morgan fingerprint density at radius 3 is 2.79 bits per heavy atom. The Morgan fingerprint density at radius 2 is 2.12 bits per heavy atom. The van der Waals surface area contributed by atoms with Crippen molar-refractivity contribution in [3.05, 3.63) is 39.3 Å². The molecule has 1 unspecified atom stereocenters. The molecule has 0 aromatic carbocycles. The molecule has 184 valence electrons. The van der Waals surface area contributed by atoms with Crippen LogP contribution in [0.5, 0.6) is 0 Å². The number of aliphatic hydroxyl groups is 1. The number of hydrogen-bond acceptors (Lipinski definition) is 9. The van der Waals surface area contributed by atoms with Crippen LogP contribution in [0.25, 0.3) is 10.2 Å². The zero-order chi connectivity index (χ0) is 24.4. The Labute approximate surface area is 198 Å². The first kappa shape index (κ1) is 27.1. The molecule has 33 heavy (non-hydrogen) atoms. The number of methoxy groups -OCH3 is 1. The molecule has 0 aliphatic rings. The van der Waals surface area contributed by atoms with Crippen molar-refractivity contribution in [3.63, 3.8) is 0 Å². The number of aryl methyl sites for hydroxylation is 1. The van der Waals surface area contributed by atoms with E-state index in [1.165, 1.54) is 6.08 Å². The van der Waals surface area contributed by atoms with Crippen LogP contribution in [0.3, 0.4) is 0 Å². The number of carbonyl (C=O) groups excluding carboxylic acids is 1. The summed E-state index contributed by atoms with van der Waals surface area (Å²) in [5.74, 6) is 0.360. The van der Waals surface area contributed by atoms with Gasteiger partial charge in [-0.25, -0.2) is 9.78 Å². The van der Waals surface area contributed by atoms with Crippen molar-refractivity contribution in [2.45, 2.75) is 39.8 Å². The van der Waals surface area contributed by atoms with E-state index in [4.69, 9.17) is 14.2 Å². The van der Waals surface area contributed by atoms with Crippen LogP contribution in [0.1, 0.15) is 41.3 Å². The molecule has 2 N–H and O–H groups in total. The van der Waals surface area contributed by atoms with Gasteiger partial charge in [-0.2, -0.15) is 0 Å². The summed E-state index contributed by atoms with van der Waals surface area (Å²) in [6.07, 6.45) is 1.58. The van der Waals surface area contributed by atoms with Crippen molar-refractivity contribution in [2.24, 2.45) is 5.92 Å². The molecule has 0 spiro atoms. The molecule has 10 heteroatoms. The van der Waals surface area contributed by atoms with E-state index >= 15 is 0 Å². The van der Waals surface area contributed by atoms with Crippen molar-refractivity contribution in [1.82, 2.24) is 14.9 Å². The Hall–Kier alpha value is -2.11. The third kappa shape index (κ3) is 8.31. The molecule has 0 amide bonds. The highest BCUT2D eigenvalue weighted by Crippen LogP contribution is 2.27. The molecule has 2 aromatic rings. The molecule has 2 aromatic heterocycles. The number of ether oxygens (including phenoxy) is 3. The highest BCUT2D eigenvalue weighted by molar-refractivity contribution is 7.20. The van der Waals surface area contributed by atoms with Gasteiger partial charge in [-0.05, 0) is 24.8 Å². The lowest BCUT2D eigenvalue weighted by Gasteiger charge is -2.24. The minimum absolute atomic E-state index is 0.0984. The fraction of sp³-hybridized carbons (Fsp3) is 0.609. The van der Waals surface area contributed by atoms with Gasteiger partial charge in [0.05, 0.1) is 24.6 Å². The summed E-state index contributed by atoms with van der Waals surface area (Å²) in [7, 11) is 1.64. The highest BCUT2D eigenvalue weighted by Gasteiger charge is 2.21. The van der Waals surface area contributed by atoms with E-state index in [1.54, 1.807) is 14.0 Å². The number of carbonyl (C=O) groups is 1. The predicted octanol–water partition coefficient (Wildman–Crippen LogP) is 2.51. The van der Waals surface area contributed by atoms with Crippen LogP contribution in [-0.2, 0) is 20.8 Å². The zero-order valence-electron chi connectivity index (χ0n) is 19.9. The third-order valence-corrected chi connectivity index (χ3v) is 5.96. The second kappa shape index (κ2) is 13.6. The van der Waals surface area contributed by atoms with Crippen LogP contribution in [-0.4, -0.2) is 78.7 Å². The quantitative estimate of drug-likeness (QED) is 0.227. The summed E-state index contributed by atoms with van der Waals surface area (Å²) in [5, 5.41) is 10.8. The van der Waals surface area contributed by atoms with Crippen LogP contribution < -0.4 is 5.56 Å². The number of hydrogen-bond donors (Lipinski definition) is 2. The van der Waals surface area contributed by atoms with Crippen LogP contribution >= 0.6 is 11.3 Å². The van der Waals surface area contributed by atoms with Crippen molar-refractivity contribution in [2.75, 3.05) is 46.6 Å². The maximum absolute atomic E-state index is 12.8. The largest absolute Gasteiger partial charge is 0.457 e. The number of aromatic amines is 1. The first-order valence-electron chi connectivity index (χ1n) is 11.0. The summed E-state index contributed by atoms with van der Waals surface area (Å²) in [4.78, 5) is 35.3. The van der Waals surface area contributed by atoms with Crippen molar-refractivity contribution in [1.29, 1.82) is 0 Å². The molecule has 2 rings (SSSR count). The lowest BCUT2D eigenvalue weighted by molar-refractivity contribution is 0.00544. The van der Waals surface area contributed by atoms with E-state index < -0.39 is 12.1 Å². The summed E-state index contributed by atoms with van der Waals surface area (Å²) < 4.78 is 15.8. The molecule has 9 nitrogen and oxygen atoms in total. The molecule has 0 bridgehead atoms. The number of aromatic nitrogens is 2. The Kier molecular flexibility index (Phi) is 11.2. The standard InChI is InChI=1S/C23H35N3O6S/c1-6-9-32-23(29)20-16(4)19-21(28)24-18(25-22(19)33-20)12-26(8-7-10-30-5)11-17(27)14-31-13-15(2)3/h6,15,17,27H,1,7-14H2,2-5H3,(H,24,25,28). The van der Waals surface area contributed by atoms with Gasteiger partial charge in [0.15, 0.2) is 0 Å². The van der Waals surface area contributed by atoms with E-state index in [0.29, 0.717) is 65.2 Å². The van der Waals surface area contributed by atoms with Gasteiger partial charge in [0.2, 0.25) is 0 Å². The van der Waals surface area contributed by atoms with Gasteiger partial charge < -0.3 is 24.3 Å². The topological polar surface area (TPSA) is 114 Å². The molecule has 0 fully saturated rings. The third-order valence-electron chi connectivity index (χ3n) is 4.79. The second-order valence-electron chi connectivity index (χ2n) is 8.30.